The molecular formula is C13H18N4S. The number of rotatable bonds is 5. The summed E-state index contributed by atoms with van der Waals surface area (Å²) in [7, 11) is 1.94. The molecule has 2 aromatic rings. The monoisotopic (exact) mass is 262 g/mol. The number of thiazole rings is 1. The van der Waals surface area contributed by atoms with Crippen molar-refractivity contribution in [2.24, 2.45) is 7.05 Å². The van der Waals surface area contributed by atoms with Crippen LogP contribution >= 0.6 is 11.3 Å². The summed E-state index contributed by atoms with van der Waals surface area (Å²) in [5.41, 5.74) is 2.30. The van der Waals surface area contributed by atoms with Crippen LogP contribution in [-0.2, 0) is 13.6 Å². The molecule has 0 atom stereocenters. The van der Waals surface area contributed by atoms with Crippen molar-refractivity contribution in [2.75, 3.05) is 6.54 Å². The first-order valence-electron chi connectivity index (χ1n) is 6.48. The molecule has 5 heteroatoms. The van der Waals surface area contributed by atoms with Gasteiger partial charge in [-0.05, 0) is 25.5 Å². The highest BCUT2D eigenvalue weighted by atomic mass is 32.1. The second kappa shape index (κ2) is 4.82. The van der Waals surface area contributed by atoms with Crippen LogP contribution in [0.15, 0.2) is 12.3 Å². The first kappa shape index (κ1) is 11.9. The molecule has 0 amide bonds. The Kier molecular flexibility index (Phi) is 3.18. The molecule has 0 saturated heterocycles. The van der Waals surface area contributed by atoms with Gasteiger partial charge in [0.15, 0.2) is 0 Å². The maximum atomic E-state index is 4.81. The summed E-state index contributed by atoms with van der Waals surface area (Å²) in [5.74, 6) is 0.701. The van der Waals surface area contributed by atoms with E-state index in [9.17, 15) is 0 Å². The summed E-state index contributed by atoms with van der Waals surface area (Å²) >= 11 is 1.78. The van der Waals surface area contributed by atoms with E-state index >= 15 is 0 Å². The molecule has 1 aliphatic rings. The number of aromatic nitrogens is 3. The second-order valence-corrected chi connectivity index (χ2v) is 5.84. The zero-order chi connectivity index (χ0) is 12.5. The molecule has 2 aromatic heterocycles. The average Bonchev–Trinajstić information content (AvgIpc) is 2.98. The molecule has 0 aliphatic heterocycles. The van der Waals surface area contributed by atoms with Crippen molar-refractivity contribution >= 4 is 11.3 Å². The molecule has 96 valence electrons. The molecule has 0 unspecified atom stereocenters. The summed E-state index contributed by atoms with van der Waals surface area (Å²) in [6.45, 7) is 4.07. The maximum Gasteiger partial charge on any atom is 0.144 e. The summed E-state index contributed by atoms with van der Waals surface area (Å²) in [5, 5.41) is 8.90. The van der Waals surface area contributed by atoms with E-state index < -0.39 is 0 Å². The Balaban J connectivity index is 1.91. The first-order chi connectivity index (χ1) is 8.78. The molecule has 0 radical (unpaired) electrons. The third-order valence-corrected chi connectivity index (χ3v) is 4.25. The van der Waals surface area contributed by atoms with Crippen LogP contribution in [0.25, 0.3) is 10.7 Å². The van der Waals surface area contributed by atoms with Gasteiger partial charge >= 0.3 is 0 Å². The Labute approximate surface area is 111 Å². The van der Waals surface area contributed by atoms with E-state index in [0.29, 0.717) is 5.92 Å². The fourth-order valence-electron chi connectivity index (χ4n) is 2.04. The molecule has 18 heavy (non-hydrogen) atoms. The highest BCUT2D eigenvalue weighted by Crippen LogP contribution is 2.43. The van der Waals surface area contributed by atoms with Crippen LogP contribution in [0, 0.1) is 0 Å². The van der Waals surface area contributed by atoms with Gasteiger partial charge in [-0.1, -0.05) is 6.92 Å². The lowest BCUT2D eigenvalue weighted by atomic mass is 10.2. The maximum absolute atomic E-state index is 4.81. The molecule has 0 bridgehead atoms. The number of hydrogen-bond donors (Lipinski definition) is 1. The van der Waals surface area contributed by atoms with Gasteiger partial charge in [-0.15, -0.1) is 11.3 Å². The summed E-state index contributed by atoms with van der Waals surface area (Å²) < 4.78 is 1.83. The van der Waals surface area contributed by atoms with Crippen LogP contribution in [0.1, 0.15) is 36.3 Å². The highest BCUT2D eigenvalue weighted by Gasteiger charge is 2.29. The van der Waals surface area contributed by atoms with Crippen LogP contribution in [0.3, 0.4) is 0 Å². The summed E-state index contributed by atoms with van der Waals surface area (Å²) in [6.07, 6.45) is 4.56. The Morgan fingerprint density at radius 1 is 1.50 bits per heavy atom. The van der Waals surface area contributed by atoms with Gasteiger partial charge in [0, 0.05) is 30.6 Å². The van der Waals surface area contributed by atoms with Gasteiger partial charge in [-0.2, -0.15) is 5.10 Å². The molecule has 4 nitrogen and oxygen atoms in total. The number of hydrogen-bond acceptors (Lipinski definition) is 4. The molecular weight excluding hydrogens is 244 g/mol. The zero-order valence-corrected chi connectivity index (χ0v) is 11.6. The van der Waals surface area contributed by atoms with E-state index in [1.807, 2.05) is 24.0 Å². The lowest BCUT2D eigenvalue weighted by molar-refractivity contribution is 0.726. The fourth-order valence-corrected chi connectivity index (χ4v) is 3.13. The van der Waals surface area contributed by atoms with Crippen LogP contribution in [0.2, 0.25) is 0 Å². The number of aryl methyl sites for hydroxylation is 1. The van der Waals surface area contributed by atoms with Crippen molar-refractivity contribution in [2.45, 2.75) is 32.2 Å². The number of nitrogens with zero attached hydrogens (tertiary/aromatic N) is 3. The Morgan fingerprint density at radius 3 is 2.94 bits per heavy atom. The molecule has 0 spiro atoms. The molecule has 3 rings (SSSR count). The van der Waals surface area contributed by atoms with Gasteiger partial charge < -0.3 is 5.32 Å². The third kappa shape index (κ3) is 2.33. The molecule has 1 fully saturated rings. The highest BCUT2D eigenvalue weighted by molar-refractivity contribution is 7.15. The van der Waals surface area contributed by atoms with E-state index in [1.165, 1.54) is 23.4 Å². The van der Waals surface area contributed by atoms with Gasteiger partial charge in [0.25, 0.3) is 0 Å². The molecule has 0 aromatic carbocycles. The van der Waals surface area contributed by atoms with Gasteiger partial charge in [0.05, 0.1) is 5.69 Å². The zero-order valence-electron chi connectivity index (χ0n) is 10.8. The predicted octanol–water partition coefficient (Wildman–Crippen LogP) is 2.53. The van der Waals surface area contributed by atoms with Crippen molar-refractivity contribution in [3.63, 3.8) is 0 Å². The number of nitrogens with one attached hydrogen (secondary N) is 1. The SMILES string of the molecule is CCNCc1sc(-c2ccn(C)n2)nc1C1CC1. The normalized spacial score (nSPS) is 15.2. The van der Waals surface area contributed by atoms with Gasteiger partial charge in [-0.25, -0.2) is 4.98 Å². The lowest BCUT2D eigenvalue weighted by Gasteiger charge is -2.00. The summed E-state index contributed by atoms with van der Waals surface area (Å²) in [4.78, 5) is 6.20. The topological polar surface area (TPSA) is 42.7 Å². The quantitative estimate of drug-likeness (QED) is 0.900. The fraction of sp³-hybridized carbons (Fsp3) is 0.538. The minimum Gasteiger partial charge on any atom is -0.312 e. The van der Waals surface area contributed by atoms with Gasteiger partial charge in [0.2, 0.25) is 0 Å². The largest absolute Gasteiger partial charge is 0.312 e. The van der Waals surface area contributed by atoms with Crippen LogP contribution < -0.4 is 5.32 Å². The minimum absolute atomic E-state index is 0.701. The van der Waals surface area contributed by atoms with Crippen molar-refractivity contribution < 1.29 is 0 Å². The molecule has 1 saturated carbocycles. The van der Waals surface area contributed by atoms with Crippen molar-refractivity contribution in [1.29, 1.82) is 0 Å². The summed E-state index contributed by atoms with van der Waals surface area (Å²) in [6, 6.07) is 2.03. The lowest BCUT2D eigenvalue weighted by Crippen LogP contribution is -2.11. The van der Waals surface area contributed by atoms with E-state index in [2.05, 4.69) is 17.3 Å². The molecule has 1 N–H and O–H groups in total. The first-order valence-corrected chi connectivity index (χ1v) is 7.30. The predicted molar refractivity (Wildman–Crippen MR) is 73.7 cm³/mol. The van der Waals surface area contributed by atoms with Gasteiger partial charge in [0.1, 0.15) is 10.7 Å². The van der Waals surface area contributed by atoms with Crippen LogP contribution in [0.4, 0.5) is 0 Å². The van der Waals surface area contributed by atoms with Crippen LogP contribution in [-0.4, -0.2) is 21.3 Å². The van der Waals surface area contributed by atoms with Crippen molar-refractivity contribution in [3.8, 4) is 10.7 Å². The van der Waals surface area contributed by atoms with E-state index in [4.69, 9.17) is 4.98 Å². The van der Waals surface area contributed by atoms with Crippen molar-refractivity contribution in [1.82, 2.24) is 20.1 Å². The smallest absolute Gasteiger partial charge is 0.144 e. The van der Waals surface area contributed by atoms with Crippen molar-refractivity contribution in [3.05, 3.63) is 22.8 Å². The third-order valence-electron chi connectivity index (χ3n) is 3.16. The molecule has 1 aliphatic carbocycles. The van der Waals surface area contributed by atoms with Gasteiger partial charge in [-0.3, -0.25) is 4.68 Å². The molecule has 2 heterocycles. The Bertz CT molecular complexity index is 539. The van der Waals surface area contributed by atoms with Crippen LogP contribution in [0.5, 0.6) is 0 Å². The Hall–Kier alpha value is -1.20. The minimum atomic E-state index is 0.701. The Morgan fingerprint density at radius 2 is 2.33 bits per heavy atom. The van der Waals surface area contributed by atoms with E-state index in [0.717, 1.165) is 23.8 Å². The second-order valence-electron chi connectivity index (χ2n) is 4.76. The average molecular weight is 262 g/mol. The van der Waals surface area contributed by atoms with E-state index in [1.54, 1.807) is 11.3 Å². The van der Waals surface area contributed by atoms with E-state index in [-0.39, 0.29) is 0 Å². The standard InChI is InChI=1S/C13H18N4S/c1-3-14-8-11-12(9-4-5-9)15-13(18-11)10-6-7-17(2)16-10/h6-7,9,14H,3-5,8H2,1-2H3.